The minimum absolute atomic E-state index is 0.00671. The largest absolute Gasteiger partial charge is 0.481 e. The predicted molar refractivity (Wildman–Crippen MR) is 201 cm³/mol. The van der Waals surface area contributed by atoms with Crippen LogP contribution in [0.25, 0.3) is 33.4 Å². The van der Waals surface area contributed by atoms with Crippen LogP contribution in [0.3, 0.4) is 0 Å². The summed E-state index contributed by atoms with van der Waals surface area (Å²) in [4.78, 5) is 24.9. The molecule has 50 heavy (non-hydrogen) atoms. The molecular weight excluding hydrogens is 669 g/mol. The van der Waals surface area contributed by atoms with Gasteiger partial charge in [0.05, 0.1) is 28.7 Å². The summed E-state index contributed by atoms with van der Waals surface area (Å²) >= 11 is 14.5. The zero-order chi connectivity index (χ0) is 35.7. The smallest absolute Gasteiger partial charge is 0.305 e. The van der Waals surface area contributed by atoms with Crippen molar-refractivity contribution in [1.82, 2.24) is 4.90 Å². The number of aryl methyl sites for hydroxylation is 1. The summed E-state index contributed by atoms with van der Waals surface area (Å²) < 4.78 is 0. The van der Waals surface area contributed by atoms with E-state index in [-0.39, 0.29) is 24.5 Å². The topological polar surface area (TPSA) is 98.1 Å². The fourth-order valence-corrected chi connectivity index (χ4v) is 8.79. The summed E-state index contributed by atoms with van der Waals surface area (Å²) in [6.45, 7) is 7.79. The molecule has 4 aromatic rings. The fourth-order valence-electron chi connectivity index (χ4n) is 8.13. The Balaban J connectivity index is 1.30. The van der Waals surface area contributed by atoms with E-state index in [1.54, 1.807) is 0 Å². The molecule has 0 radical (unpaired) electrons. The molecule has 2 aliphatic rings. The molecule has 0 bridgehead atoms. The number of carbonyl (C=O) groups excluding carboxylic acids is 1. The van der Waals surface area contributed by atoms with Crippen LogP contribution in [0.1, 0.15) is 66.0 Å². The van der Waals surface area contributed by atoms with Crippen molar-refractivity contribution in [3.05, 3.63) is 104 Å². The highest BCUT2D eigenvalue weighted by atomic mass is 35.5. The van der Waals surface area contributed by atoms with Crippen molar-refractivity contribution in [1.29, 1.82) is 0 Å². The van der Waals surface area contributed by atoms with E-state index in [9.17, 15) is 19.8 Å². The van der Waals surface area contributed by atoms with Crippen LogP contribution in [-0.2, 0) is 35.4 Å². The SMILES string of the molecule is CC(=O)CC(O)CN1CCc2ccc(-c3cccc(-c4cccc(-c5ccc6c(c5C)CC(CC(O)CC(=O)O)CC6)c4Cl)c3Cl)c(C)c2C1. The number of benzene rings is 4. The summed E-state index contributed by atoms with van der Waals surface area (Å²) in [5.41, 5.74) is 13.1. The molecule has 0 amide bonds. The van der Waals surface area contributed by atoms with E-state index in [1.807, 2.05) is 36.4 Å². The van der Waals surface area contributed by atoms with E-state index in [2.05, 4.69) is 43.0 Å². The van der Waals surface area contributed by atoms with Gasteiger partial charge in [-0.25, -0.2) is 0 Å². The number of aliphatic hydroxyl groups excluding tert-OH is 2. The Morgan fingerprint density at radius 2 is 1.30 bits per heavy atom. The molecule has 0 spiro atoms. The number of rotatable bonds is 11. The van der Waals surface area contributed by atoms with Crippen LogP contribution in [0, 0.1) is 19.8 Å². The molecule has 262 valence electrons. The van der Waals surface area contributed by atoms with Crippen LogP contribution in [0.5, 0.6) is 0 Å². The summed E-state index contributed by atoms with van der Waals surface area (Å²) in [5.74, 6) is -0.757. The summed E-state index contributed by atoms with van der Waals surface area (Å²) in [6.07, 6.45) is 2.42. The molecule has 1 aliphatic heterocycles. The number of fused-ring (bicyclic) bond motifs is 2. The van der Waals surface area contributed by atoms with Crippen LogP contribution in [0.4, 0.5) is 0 Å². The minimum atomic E-state index is -0.975. The van der Waals surface area contributed by atoms with Gasteiger partial charge in [0.25, 0.3) is 0 Å². The zero-order valence-electron chi connectivity index (χ0n) is 28.9. The van der Waals surface area contributed by atoms with Crippen LogP contribution in [-0.4, -0.2) is 57.3 Å². The molecule has 6 rings (SSSR count). The summed E-state index contributed by atoms with van der Waals surface area (Å²) in [6, 6.07) is 20.8. The van der Waals surface area contributed by atoms with Gasteiger partial charge < -0.3 is 15.3 Å². The van der Waals surface area contributed by atoms with Gasteiger partial charge in [-0.1, -0.05) is 83.9 Å². The molecule has 1 aliphatic carbocycles. The normalized spacial score (nSPS) is 17.1. The first-order valence-corrected chi connectivity index (χ1v) is 18.3. The predicted octanol–water partition coefficient (Wildman–Crippen LogP) is 8.64. The number of ketones is 1. The molecule has 0 saturated heterocycles. The third kappa shape index (κ3) is 7.70. The van der Waals surface area contributed by atoms with Crippen molar-refractivity contribution in [2.45, 2.75) is 84.5 Å². The Hall–Kier alpha value is -3.52. The third-order valence-electron chi connectivity index (χ3n) is 10.7. The Morgan fingerprint density at radius 1 is 0.760 bits per heavy atom. The maximum absolute atomic E-state index is 11.5. The number of hydrogen-bond donors (Lipinski definition) is 3. The maximum Gasteiger partial charge on any atom is 0.305 e. The van der Waals surface area contributed by atoms with Crippen molar-refractivity contribution in [2.24, 2.45) is 5.92 Å². The molecule has 6 nitrogen and oxygen atoms in total. The van der Waals surface area contributed by atoms with Gasteiger partial charge in [-0.2, -0.15) is 0 Å². The lowest BCUT2D eigenvalue weighted by Gasteiger charge is -2.32. The van der Waals surface area contributed by atoms with E-state index >= 15 is 0 Å². The zero-order valence-corrected chi connectivity index (χ0v) is 30.4. The molecule has 3 atom stereocenters. The van der Waals surface area contributed by atoms with Gasteiger partial charge in [0.1, 0.15) is 5.78 Å². The molecule has 0 aromatic heterocycles. The molecule has 8 heteroatoms. The Bertz CT molecular complexity index is 1800. The Kier molecular flexibility index (Phi) is 11.2. The number of nitrogens with zero attached hydrogens (tertiary/aromatic N) is 1. The number of aliphatic carboxylic acids is 1. The number of carboxylic acid groups (broad SMARTS) is 1. The summed E-state index contributed by atoms with van der Waals surface area (Å²) in [5, 5.41) is 31.1. The number of Topliss-reactive ketones (excluding diaryl/α,β-unsaturated/α-hetero) is 1. The first-order valence-electron chi connectivity index (χ1n) is 17.5. The van der Waals surface area contributed by atoms with E-state index in [0.717, 1.165) is 76.7 Å². The summed E-state index contributed by atoms with van der Waals surface area (Å²) in [7, 11) is 0. The number of halogens is 2. The monoisotopic (exact) mass is 713 g/mol. The van der Waals surface area contributed by atoms with Gasteiger partial charge in [-0.3, -0.25) is 14.5 Å². The molecule has 1 heterocycles. The highest BCUT2D eigenvalue weighted by Crippen LogP contribution is 2.45. The third-order valence-corrected chi connectivity index (χ3v) is 11.5. The lowest BCUT2D eigenvalue weighted by atomic mass is 9.77. The number of carbonyl (C=O) groups is 2. The number of β-amino-alcohol motifs (C(OH)–C–C–N with tert-alkyl or cyclic N) is 1. The molecule has 0 saturated carbocycles. The second kappa shape index (κ2) is 15.4. The van der Waals surface area contributed by atoms with Gasteiger partial charge in [0.15, 0.2) is 0 Å². The van der Waals surface area contributed by atoms with E-state index in [0.29, 0.717) is 29.6 Å². The lowest BCUT2D eigenvalue weighted by Crippen LogP contribution is -2.37. The first kappa shape index (κ1) is 36.3. The van der Waals surface area contributed by atoms with E-state index in [4.69, 9.17) is 28.3 Å². The van der Waals surface area contributed by atoms with Gasteiger partial charge >= 0.3 is 5.97 Å². The van der Waals surface area contributed by atoms with Crippen molar-refractivity contribution in [3.63, 3.8) is 0 Å². The van der Waals surface area contributed by atoms with Crippen molar-refractivity contribution in [3.8, 4) is 33.4 Å². The van der Waals surface area contributed by atoms with Crippen LogP contribution in [0.2, 0.25) is 10.0 Å². The second-order valence-electron chi connectivity index (χ2n) is 14.2. The Labute approximate surface area is 304 Å². The van der Waals surface area contributed by atoms with Crippen molar-refractivity contribution in [2.75, 3.05) is 13.1 Å². The molecular formula is C42H45Cl2NO5. The van der Waals surface area contributed by atoms with E-state index < -0.39 is 18.2 Å². The van der Waals surface area contributed by atoms with Crippen LogP contribution >= 0.6 is 23.2 Å². The number of aliphatic hydroxyl groups is 2. The van der Waals surface area contributed by atoms with E-state index in [1.165, 1.54) is 29.2 Å². The van der Waals surface area contributed by atoms with Gasteiger partial charge in [0, 0.05) is 48.3 Å². The number of carboxylic acids is 1. The molecule has 3 unspecified atom stereocenters. The first-order chi connectivity index (χ1) is 23.9. The Morgan fingerprint density at radius 3 is 1.86 bits per heavy atom. The molecule has 3 N–H and O–H groups in total. The molecule has 0 fully saturated rings. The van der Waals surface area contributed by atoms with Gasteiger partial charge in [-0.15, -0.1) is 0 Å². The lowest BCUT2D eigenvalue weighted by molar-refractivity contribution is -0.139. The highest BCUT2D eigenvalue weighted by Gasteiger charge is 2.26. The average Bonchev–Trinajstić information content (AvgIpc) is 3.06. The number of hydrogen-bond acceptors (Lipinski definition) is 5. The van der Waals surface area contributed by atoms with Crippen LogP contribution < -0.4 is 0 Å². The fraction of sp³-hybridized carbons (Fsp3) is 0.381. The quantitative estimate of drug-likeness (QED) is 0.144. The second-order valence-corrected chi connectivity index (χ2v) is 15.0. The molecule has 4 aromatic carbocycles. The minimum Gasteiger partial charge on any atom is -0.481 e. The van der Waals surface area contributed by atoms with Crippen molar-refractivity contribution < 1.29 is 24.9 Å². The maximum atomic E-state index is 11.5. The standard InChI is InChI=1S/C42H45Cl2NO5/c1-24(46)18-31(48)22-45-17-16-29-13-15-33(26(3)39(29)23-45)35-7-5-9-37(42(35)44)36-8-4-6-34(41(36)43)32-14-12-28-11-10-27(20-38(28)25(32)2)19-30(47)21-40(49)50/h4-9,12-15,27,30-31,47-48H,10-11,16-23H2,1-3H3,(H,49,50). The van der Waals surface area contributed by atoms with Gasteiger partial charge in [-0.05, 0) is 103 Å². The highest BCUT2D eigenvalue weighted by molar-refractivity contribution is 6.39. The van der Waals surface area contributed by atoms with Gasteiger partial charge in [0.2, 0.25) is 0 Å². The average molecular weight is 715 g/mol. The van der Waals surface area contributed by atoms with Crippen LogP contribution in [0.15, 0.2) is 60.7 Å². The van der Waals surface area contributed by atoms with Crippen molar-refractivity contribution >= 4 is 35.0 Å².